The van der Waals surface area contributed by atoms with Crippen molar-refractivity contribution in [2.45, 2.75) is 96.0 Å². The van der Waals surface area contributed by atoms with Gasteiger partial charge in [-0.15, -0.1) is 0 Å². The number of carbonyl (C=O) groups excluding carboxylic acids is 4. The molecule has 0 saturated carbocycles. The minimum absolute atomic E-state index is 0.0757. The van der Waals surface area contributed by atoms with Gasteiger partial charge in [0.2, 0.25) is 23.6 Å². The quantitative estimate of drug-likeness (QED) is 0.442. The number of hydrogen-bond donors (Lipinski definition) is 4. The average molecular weight is 566 g/mol. The van der Waals surface area contributed by atoms with Gasteiger partial charge < -0.3 is 30.6 Å². The number of nitrogens with one attached hydrogen (secondary N) is 4. The second-order valence-electron chi connectivity index (χ2n) is 12.4. The Balaban J connectivity index is 1.44. The Bertz CT molecular complexity index is 1270. The highest BCUT2D eigenvalue weighted by molar-refractivity contribution is 5.94. The summed E-state index contributed by atoms with van der Waals surface area (Å²) in [7, 11) is 0. The molecule has 4 amide bonds. The van der Waals surface area contributed by atoms with Gasteiger partial charge in [-0.2, -0.15) is 0 Å². The smallest absolute Gasteiger partial charge is 0.249 e. The molecule has 0 unspecified atom stereocenters. The summed E-state index contributed by atoms with van der Waals surface area (Å²) in [6.07, 6.45) is 5.32. The summed E-state index contributed by atoms with van der Waals surface area (Å²) < 4.78 is 5.55. The first-order valence-corrected chi connectivity index (χ1v) is 15.1. The number of ether oxygens (including phenoxy) is 1. The van der Waals surface area contributed by atoms with Crippen molar-refractivity contribution in [2.75, 3.05) is 13.2 Å². The van der Waals surface area contributed by atoms with Gasteiger partial charge >= 0.3 is 0 Å². The maximum atomic E-state index is 14.3. The van der Waals surface area contributed by atoms with Crippen molar-refractivity contribution in [1.82, 2.24) is 25.8 Å². The summed E-state index contributed by atoms with van der Waals surface area (Å²) in [5.74, 6) is -0.599. The van der Waals surface area contributed by atoms with E-state index in [0.29, 0.717) is 25.9 Å². The molecule has 3 saturated heterocycles. The van der Waals surface area contributed by atoms with Crippen LogP contribution in [0.3, 0.4) is 0 Å². The van der Waals surface area contributed by atoms with E-state index in [1.807, 2.05) is 37.4 Å². The van der Waals surface area contributed by atoms with E-state index in [0.717, 1.165) is 35.7 Å². The fourth-order valence-electron chi connectivity index (χ4n) is 6.42. The molecule has 3 aliphatic heterocycles. The lowest BCUT2D eigenvalue weighted by molar-refractivity contribution is -0.141. The number of H-pyrrole nitrogens is 1. The number of carbonyl (C=O) groups is 4. The molecule has 5 rings (SSSR count). The SMILES string of the molecule is CC(C)[C@@H]1CC[C@@H](C)CC(=O)N[C@H](Cc2c[nH]c3ccccc23)C(=O)N2C[C@H](NC(=O)[C@H]3CCCO3)C[C@H]2C(=O)N1. The first-order valence-electron chi connectivity index (χ1n) is 15.1. The molecule has 1 aromatic heterocycles. The number of nitrogens with zero attached hydrogens (tertiary/aromatic N) is 1. The van der Waals surface area contributed by atoms with Gasteiger partial charge in [0.15, 0.2) is 0 Å². The summed E-state index contributed by atoms with van der Waals surface area (Å²) in [4.78, 5) is 58.9. The van der Waals surface area contributed by atoms with Gasteiger partial charge in [0.1, 0.15) is 18.2 Å². The molecule has 10 nitrogen and oxygen atoms in total. The number of fused-ring (bicyclic) bond motifs is 2. The molecule has 222 valence electrons. The molecule has 4 heterocycles. The number of aromatic amines is 1. The molecule has 3 aliphatic rings. The fraction of sp³-hybridized carbons (Fsp3) is 0.613. The average Bonchev–Trinajstić information content (AvgIpc) is 3.70. The van der Waals surface area contributed by atoms with E-state index in [-0.39, 0.29) is 60.5 Å². The second-order valence-corrected chi connectivity index (χ2v) is 12.4. The Morgan fingerprint density at radius 1 is 1.12 bits per heavy atom. The summed E-state index contributed by atoms with van der Waals surface area (Å²) in [6.45, 7) is 6.93. The number of para-hydroxylation sites is 1. The van der Waals surface area contributed by atoms with Crippen LogP contribution in [0.1, 0.15) is 64.9 Å². The third-order valence-electron chi connectivity index (χ3n) is 8.82. The van der Waals surface area contributed by atoms with Crippen LogP contribution in [0.4, 0.5) is 0 Å². The Labute approximate surface area is 241 Å². The van der Waals surface area contributed by atoms with Crippen molar-refractivity contribution in [1.29, 1.82) is 0 Å². The van der Waals surface area contributed by atoms with E-state index in [9.17, 15) is 19.2 Å². The van der Waals surface area contributed by atoms with E-state index in [1.165, 1.54) is 0 Å². The van der Waals surface area contributed by atoms with Gasteiger partial charge in [0.05, 0.1) is 0 Å². The predicted molar refractivity (Wildman–Crippen MR) is 155 cm³/mol. The van der Waals surface area contributed by atoms with Crippen LogP contribution in [0.15, 0.2) is 30.5 Å². The molecule has 0 radical (unpaired) electrons. The van der Waals surface area contributed by atoms with Crippen LogP contribution in [-0.2, 0) is 30.3 Å². The molecular formula is C31H43N5O5. The molecule has 0 bridgehead atoms. The zero-order valence-corrected chi connectivity index (χ0v) is 24.3. The van der Waals surface area contributed by atoms with E-state index >= 15 is 0 Å². The van der Waals surface area contributed by atoms with Crippen LogP contribution >= 0.6 is 0 Å². The van der Waals surface area contributed by atoms with Crippen LogP contribution in [-0.4, -0.2) is 76.9 Å². The van der Waals surface area contributed by atoms with Gasteiger partial charge in [-0.25, -0.2) is 0 Å². The molecule has 6 atom stereocenters. The van der Waals surface area contributed by atoms with Crippen molar-refractivity contribution < 1.29 is 23.9 Å². The number of aromatic nitrogens is 1. The van der Waals surface area contributed by atoms with Gasteiger partial charge in [0.25, 0.3) is 0 Å². The molecule has 1 aromatic carbocycles. The van der Waals surface area contributed by atoms with Gasteiger partial charge in [-0.05, 0) is 55.6 Å². The van der Waals surface area contributed by atoms with Crippen LogP contribution in [0.2, 0.25) is 0 Å². The number of hydrogen-bond acceptors (Lipinski definition) is 5. The minimum atomic E-state index is -0.849. The van der Waals surface area contributed by atoms with Gasteiger partial charge in [0, 0.05) is 55.2 Å². The summed E-state index contributed by atoms with van der Waals surface area (Å²) in [5.41, 5.74) is 1.87. The zero-order valence-electron chi connectivity index (χ0n) is 24.3. The third-order valence-corrected chi connectivity index (χ3v) is 8.82. The van der Waals surface area contributed by atoms with Crippen LogP contribution in [0.5, 0.6) is 0 Å². The Morgan fingerprint density at radius 2 is 1.93 bits per heavy atom. The maximum absolute atomic E-state index is 14.3. The topological polar surface area (TPSA) is 133 Å². The van der Waals surface area contributed by atoms with E-state index in [1.54, 1.807) is 4.90 Å². The van der Waals surface area contributed by atoms with E-state index in [4.69, 9.17) is 4.74 Å². The second kappa shape index (κ2) is 12.6. The van der Waals surface area contributed by atoms with Gasteiger partial charge in [-0.1, -0.05) is 39.0 Å². The number of amides is 4. The third kappa shape index (κ3) is 6.74. The highest BCUT2D eigenvalue weighted by Crippen LogP contribution is 2.26. The molecule has 0 aliphatic carbocycles. The van der Waals surface area contributed by atoms with Crippen LogP contribution in [0, 0.1) is 11.8 Å². The standard InChI is InChI=1S/C31H43N5O5/c1-18(2)23-11-10-19(3)13-28(37)34-25(14-20-16-32-24-8-5-4-7-22(20)24)31(40)36-17-21(15-26(36)29(38)35-23)33-30(39)27-9-6-12-41-27/h4-5,7-8,16,18-19,21,23,25-27,32H,6,9-15,17H2,1-3H3,(H,33,39)(H,34,37)(H,35,38)/t19-,21-,23+,25-,26+,27-/m1/s1. The lowest BCUT2D eigenvalue weighted by Gasteiger charge is -2.30. The molecule has 10 heteroatoms. The largest absolute Gasteiger partial charge is 0.368 e. The molecule has 3 fully saturated rings. The Hall–Kier alpha value is -3.40. The Morgan fingerprint density at radius 3 is 2.68 bits per heavy atom. The molecule has 0 spiro atoms. The van der Waals surface area contributed by atoms with Crippen molar-refractivity contribution in [2.24, 2.45) is 11.8 Å². The van der Waals surface area contributed by atoms with Crippen molar-refractivity contribution >= 4 is 34.5 Å². The van der Waals surface area contributed by atoms with Crippen LogP contribution in [0.25, 0.3) is 10.9 Å². The lowest BCUT2D eigenvalue weighted by atomic mass is 9.92. The van der Waals surface area contributed by atoms with E-state index < -0.39 is 18.2 Å². The maximum Gasteiger partial charge on any atom is 0.249 e. The Kier molecular flexibility index (Phi) is 8.97. The van der Waals surface area contributed by atoms with E-state index in [2.05, 4.69) is 34.8 Å². The monoisotopic (exact) mass is 565 g/mol. The highest BCUT2D eigenvalue weighted by atomic mass is 16.5. The van der Waals surface area contributed by atoms with Gasteiger partial charge in [-0.3, -0.25) is 19.2 Å². The zero-order chi connectivity index (χ0) is 29.1. The lowest BCUT2D eigenvalue weighted by Crippen LogP contribution is -2.55. The van der Waals surface area contributed by atoms with Crippen molar-refractivity contribution in [3.8, 4) is 0 Å². The van der Waals surface area contributed by atoms with Crippen molar-refractivity contribution in [3.05, 3.63) is 36.0 Å². The predicted octanol–water partition coefficient (Wildman–Crippen LogP) is 2.42. The summed E-state index contributed by atoms with van der Waals surface area (Å²) >= 11 is 0. The first kappa shape index (κ1) is 29.1. The summed E-state index contributed by atoms with van der Waals surface area (Å²) in [5, 5.41) is 10.2. The highest BCUT2D eigenvalue weighted by Gasteiger charge is 2.44. The fourth-order valence-corrected chi connectivity index (χ4v) is 6.42. The number of benzene rings is 1. The van der Waals surface area contributed by atoms with Crippen LogP contribution < -0.4 is 16.0 Å². The first-order chi connectivity index (χ1) is 19.7. The van der Waals surface area contributed by atoms with Crippen molar-refractivity contribution in [3.63, 3.8) is 0 Å². The molecular weight excluding hydrogens is 522 g/mol. The number of rotatable bonds is 5. The normalized spacial score (nSPS) is 29.9. The minimum Gasteiger partial charge on any atom is -0.368 e. The summed E-state index contributed by atoms with van der Waals surface area (Å²) in [6, 6.07) is 5.79. The molecule has 2 aromatic rings. The molecule has 4 N–H and O–H groups in total. The molecule has 41 heavy (non-hydrogen) atoms.